The second kappa shape index (κ2) is 7.73. The highest BCUT2D eigenvalue weighted by atomic mass is 16.2. The molecule has 0 N–H and O–H groups in total. The third kappa shape index (κ3) is 4.22. The minimum atomic E-state index is 0.248. The molecule has 0 aromatic heterocycles. The Labute approximate surface area is 151 Å². The van der Waals surface area contributed by atoms with Crippen molar-refractivity contribution >= 4 is 11.6 Å². The summed E-state index contributed by atoms with van der Waals surface area (Å²) in [6.45, 7) is 6.78. The third-order valence-electron chi connectivity index (χ3n) is 5.10. The molecule has 1 aliphatic rings. The minimum Gasteiger partial charge on any atom is -0.373 e. The van der Waals surface area contributed by atoms with Crippen LogP contribution in [0.3, 0.4) is 0 Å². The lowest BCUT2D eigenvalue weighted by molar-refractivity contribution is -0.131. The molecule has 0 unspecified atom stereocenters. The molecule has 0 radical (unpaired) electrons. The summed E-state index contributed by atoms with van der Waals surface area (Å²) in [6.07, 6.45) is 1.39. The predicted octanol–water partition coefficient (Wildman–Crippen LogP) is 4.22. The van der Waals surface area contributed by atoms with E-state index >= 15 is 0 Å². The molecule has 0 aliphatic carbocycles. The van der Waals surface area contributed by atoms with E-state index in [0.29, 0.717) is 18.9 Å². The first-order valence-corrected chi connectivity index (χ1v) is 9.20. The van der Waals surface area contributed by atoms with E-state index in [9.17, 15) is 4.79 Å². The highest BCUT2D eigenvalue weighted by Crippen LogP contribution is 2.24. The first-order valence-electron chi connectivity index (χ1n) is 9.20. The lowest BCUT2D eigenvalue weighted by Crippen LogP contribution is -2.34. The average molecular weight is 336 g/mol. The number of fused-ring (bicyclic) bond motifs is 1. The van der Waals surface area contributed by atoms with Gasteiger partial charge in [-0.25, -0.2) is 0 Å². The zero-order valence-electron chi connectivity index (χ0n) is 15.5. The van der Waals surface area contributed by atoms with E-state index in [0.717, 1.165) is 19.5 Å². The van der Waals surface area contributed by atoms with Crippen molar-refractivity contribution in [2.45, 2.75) is 39.2 Å². The van der Waals surface area contributed by atoms with Gasteiger partial charge >= 0.3 is 0 Å². The Morgan fingerprint density at radius 3 is 2.48 bits per heavy atom. The molecule has 0 fully saturated rings. The number of carbonyl (C=O) groups excluding carboxylic acids is 1. The predicted molar refractivity (Wildman–Crippen MR) is 104 cm³/mol. The molecule has 0 bridgehead atoms. The van der Waals surface area contributed by atoms with Gasteiger partial charge in [0.2, 0.25) is 5.91 Å². The van der Waals surface area contributed by atoms with Crippen LogP contribution in [0.5, 0.6) is 0 Å². The van der Waals surface area contributed by atoms with Gasteiger partial charge in [0, 0.05) is 38.8 Å². The number of benzene rings is 2. The van der Waals surface area contributed by atoms with E-state index in [1.54, 1.807) is 0 Å². The van der Waals surface area contributed by atoms with E-state index in [1.165, 1.54) is 22.4 Å². The molecule has 0 spiro atoms. The first kappa shape index (κ1) is 17.5. The summed E-state index contributed by atoms with van der Waals surface area (Å²) in [5.74, 6) is 0.794. The first-order chi connectivity index (χ1) is 12.0. The number of amides is 1. The quantitative estimate of drug-likeness (QED) is 0.834. The van der Waals surface area contributed by atoms with Crippen molar-refractivity contribution in [2.75, 3.05) is 25.0 Å². The molecule has 3 nitrogen and oxygen atoms in total. The Balaban J connectivity index is 1.61. The molecule has 25 heavy (non-hydrogen) atoms. The van der Waals surface area contributed by atoms with Crippen LogP contribution in [0.15, 0.2) is 48.5 Å². The fraction of sp³-hybridized carbons (Fsp3) is 0.409. The van der Waals surface area contributed by atoms with Gasteiger partial charge in [-0.05, 0) is 35.1 Å². The summed E-state index contributed by atoms with van der Waals surface area (Å²) in [5.41, 5.74) is 5.06. The molecule has 1 heterocycles. The largest absolute Gasteiger partial charge is 0.373 e. The number of para-hydroxylation sites is 1. The molecule has 3 heteroatoms. The molecule has 3 rings (SSSR count). The van der Waals surface area contributed by atoms with Crippen molar-refractivity contribution in [3.8, 4) is 0 Å². The number of nitrogens with zero attached hydrogens (tertiary/aromatic N) is 2. The van der Waals surface area contributed by atoms with Crippen molar-refractivity contribution in [3.63, 3.8) is 0 Å². The molecule has 132 valence electrons. The zero-order valence-corrected chi connectivity index (χ0v) is 15.5. The fourth-order valence-electron chi connectivity index (χ4n) is 3.38. The number of carbonyl (C=O) groups is 1. The smallest absolute Gasteiger partial charge is 0.223 e. The van der Waals surface area contributed by atoms with Crippen LogP contribution >= 0.6 is 0 Å². The van der Waals surface area contributed by atoms with Gasteiger partial charge in [-0.15, -0.1) is 0 Å². The van der Waals surface area contributed by atoms with Crippen molar-refractivity contribution in [1.82, 2.24) is 4.90 Å². The van der Waals surface area contributed by atoms with E-state index < -0.39 is 0 Å². The highest BCUT2D eigenvalue weighted by Gasteiger charge is 2.20. The Morgan fingerprint density at radius 1 is 1.04 bits per heavy atom. The second-order valence-electron chi connectivity index (χ2n) is 7.26. The Hall–Kier alpha value is -2.29. The summed E-state index contributed by atoms with van der Waals surface area (Å²) in [7, 11) is 2.10. The van der Waals surface area contributed by atoms with Crippen molar-refractivity contribution < 1.29 is 4.79 Å². The van der Waals surface area contributed by atoms with Gasteiger partial charge < -0.3 is 9.80 Å². The molecular formula is C22H28N2O. The zero-order chi connectivity index (χ0) is 17.8. The topological polar surface area (TPSA) is 23.6 Å². The minimum absolute atomic E-state index is 0.248. The van der Waals surface area contributed by atoms with Crippen LogP contribution in [-0.4, -0.2) is 30.9 Å². The maximum Gasteiger partial charge on any atom is 0.223 e. The van der Waals surface area contributed by atoms with Crippen molar-refractivity contribution in [1.29, 1.82) is 0 Å². The average Bonchev–Trinajstić information content (AvgIpc) is 2.79. The summed E-state index contributed by atoms with van der Waals surface area (Å²) in [6, 6.07) is 17.1. The van der Waals surface area contributed by atoms with E-state index in [1.807, 2.05) is 4.90 Å². The van der Waals surface area contributed by atoms with Crippen LogP contribution in [0.4, 0.5) is 5.69 Å². The molecule has 1 amide bonds. The monoisotopic (exact) mass is 336 g/mol. The number of aryl methyl sites for hydroxylation is 1. The van der Waals surface area contributed by atoms with Crippen LogP contribution in [0.2, 0.25) is 0 Å². The number of hydrogen-bond donors (Lipinski definition) is 0. The molecule has 0 atom stereocenters. The van der Waals surface area contributed by atoms with Crippen LogP contribution in [-0.2, 0) is 17.8 Å². The molecule has 0 saturated carbocycles. The fourth-order valence-corrected chi connectivity index (χ4v) is 3.38. The highest BCUT2D eigenvalue weighted by molar-refractivity contribution is 5.77. The van der Waals surface area contributed by atoms with Crippen molar-refractivity contribution in [3.05, 3.63) is 65.2 Å². The van der Waals surface area contributed by atoms with E-state index in [4.69, 9.17) is 0 Å². The second-order valence-corrected chi connectivity index (χ2v) is 7.26. The summed E-state index contributed by atoms with van der Waals surface area (Å²) in [5, 5.41) is 0. The number of hydrogen-bond acceptors (Lipinski definition) is 2. The molecule has 0 saturated heterocycles. The van der Waals surface area contributed by atoms with Gasteiger partial charge in [0.1, 0.15) is 0 Å². The molecular weight excluding hydrogens is 308 g/mol. The van der Waals surface area contributed by atoms with Gasteiger partial charge in [0.15, 0.2) is 0 Å². The lowest BCUT2D eigenvalue weighted by Gasteiger charge is -2.21. The number of rotatable bonds is 4. The molecule has 2 aromatic carbocycles. The van der Waals surface area contributed by atoms with Crippen LogP contribution < -0.4 is 4.90 Å². The Bertz CT molecular complexity index is 721. The third-order valence-corrected chi connectivity index (χ3v) is 5.10. The maximum atomic E-state index is 12.7. The summed E-state index contributed by atoms with van der Waals surface area (Å²) < 4.78 is 0. The van der Waals surface area contributed by atoms with E-state index in [-0.39, 0.29) is 5.91 Å². The van der Waals surface area contributed by atoms with Gasteiger partial charge in [0.05, 0.1) is 0 Å². The number of anilines is 1. The SMILES string of the molecule is CC(C)c1ccc(CCC(=O)N2CCN(C)c3ccccc3C2)cc1. The van der Waals surface area contributed by atoms with Gasteiger partial charge in [0.25, 0.3) is 0 Å². The molecule has 1 aliphatic heterocycles. The lowest BCUT2D eigenvalue weighted by atomic mass is 10.00. The van der Waals surface area contributed by atoms with Crippen LogP contribution in [0.25, 0.3) is 0 Å². The van der Waals surface area contributed by atoms with E-state index in [2.05, 4.69) is 74.3 Å². The van der Waals surface area contributed by atoms with Gasteiger partial charge in [-0.2, -0.15) is 0 Å². The normalized spacial score (nSPS) is 14.4. The molecule has 2 aromatic rings. The van der Waals surface area contributed by atoms with Gasteiger partial charge in [-0.1, -0.05) is 56.3 Å². The maximum absolute atomic E-state index is 12.7. The van der Waals surface area contributed by atoms with Crippen LogP contribution in [0, 0.1) is 0 Å². The standard InChI is InChI=1S/C22H28N2O/c1-17(2)19-11-8-18(9-12-19)10-13-22(25)24-15-14-23(3)21-7-5-4-6-20(21)16-24/h4-9,11-12,17H,10,13-16H2,1-3H3. The van der Waals surface area contributed by atoms with Crippen LogP contribution in [0.1, 0.15) is 42.9 Å². The Kier molecular flexibility index (Phi) is 5.42. The summed E-state index contributed by atoms with van der Waals surface area (Å²) >= 11 is 0. The Morgan fingerprint density at radius 2 is 1.76 bits per heavy atom. The number of likely N-dealkylation sites (N-methyl/N-ethyl adjacent to an activating group) is 1. The van der Waals surface area contributed by atoms with Crippen molar-refractivity contribution in [2.24, 2.45) is 0 Å². The van der Waals surface area contributed by atoms with Gasteiger partial charge in [-0.3, -0.25) is 4.79 Å². The summed E-state index contributed by atoms with van der Waals surface area (Å²) in [4.78, 5) is 17.0.